The smallest absolute Gasteiger partial charge is 0.228 e. The van der Waals surface area contributed by atoms with Crippen molar-refractivity contribution in [2.24, 2.45) is 0 Å². The first-order valence-corrected chi connectivity index (χ1v) is 8.17. The van der Waals surface area contributed by atoms with Crippen LogP contribution in [0.1, 0.15) is 23.6 Å². The Hall–Kier alpha value is -2.73. The Kier molecular flexibility index (Phi) is 3.96. The maximum Gasteiger partial charge on any atom is 0.228 e. The first-order valence-electron chi connectivity index (χ1n) is 8.17. The van der Waals surface area contributed by atoms with E-state index in [2.05, 4.69) is 25.8 Å². The minimum Gasteiger partial charge on any atom is -0.323 e. The molecule has 24 heavy (non-hydrogen) atoms. The Labute approximate surface area is 139 Å². The number of pyridine rings is 1. The zero-order valence-electron chi connectivity index (χ0n) is 13.2. The van der Waals surface area contributed by atoms with Gasteiger partial charge in [-0.05, 0) is 23.9 Å². The van der Waals surface area contributed by atoms with Crippen LogP contribution in [0.25, 0.3) is 10.8 Å². The number of carbonyl (C=O) groups is 1. The first kappa shape index (κ1) is 14.8. The molecule has 1 unspecified atom stereocenters. The Morgan fingerprint density at radius 2 is 2.17 bits per heavy atom. The number of aromatic amines is 1. The van der Waals surface area contributed by atoms with Gasteiger partial charge >= 0.3 is 0 Å². The molecule has 6 nitrogen and oxygen atoms in total. The summed E-state index contributed by atoms with van der Waals surface area (Å²) in [6, 6.07) is 7.98. The fraction of sp³-hybridized carbons (Fsp3) is 0.278. The Morgan fingerprint density at radius 1 is 1.25 bits per heavy atom. The molecule has 0 radical (unpaired) electrons. The number of carbonyl (C=O) groups excluding carboxylic acids is 1. The molecule has 0 spiro atoms. The van der Waals surface area contributed by atoms with Crippen molar-refractivity contribution >= 4 is 22.4 Å². The lowest BCUT2D eigenvalue weighted by molar-refractivity contribution is -0.115. The molecule has 122 valence electrons. The number of hydrogen-bond donors (Lipinski definition) is 3. The zero-order chi connectivity index (χ0) is 16.4. The normalized spacial score (nSPS) is 17.2. The summed E-state index contributed by atoms with van der Waals surface area (Å²) in [5.74, 6) is 0.323. The molecule has 3 N–H and O–H groups in total. The van der Waals surface area contributed by atoms with E-state index in [0.717, 1.165) is 47.2 Å². The lowest BCUT2D eigenvalue weighted by Crippen LogP contribution is -2.16. The van der Waals surface area contributed by atoms with Gasteiger partial charge in [0.2, 0.25) is 5.91 Å². The molecule has 0 aliphatic carbocycles. The first-order chi connectivity index (χ1) is 11.8. The summed E-state index contributed by atoms with van der Waals surface area (Å²) in [5.41, 5.74) is 2.71. The lowest BCUT2D eigenvalue weighted by Gasteiger charge is -2.11. The van der Waals surface area contributed by atoms with Gasteiger partial charge in [0.15, 0.2) is 0 Å². The van der Waals surface area contributed by atoms with E-state index >= 15 is 0 Å². The van der Waals surface area contributed by atoms with Gasteiger partial charge in [0.25, 0.3) is 0 Å². The topological polar surface area (TPSA) is 82.7 Å². The highest BCUT2D eigenvalue weighted by Gasteiger charge is 2.22. The Bertz CT molecular complexity index is 861. The summed E-state index contributed by atoms with van der Waals surface area (Å²) in [6.45, 7) is 1.91. The van der Waals surface area contributed by atoms with E-state index in [4.69, 9.17) is 0 Å². The number of benzene rings is 1. The number of hydrogen-bond acceptors (Lipinski definition) is 4. The SMILES string of the molecule is O=C(Cc1cncc2ccccc12)Nc1cn[nH]c1C1CCNC1. The second kappa shape index (κ2) is 6.41. The van der Waals surface area contributed by atoms with Crippen molar-refractivity contribution < 1.29 is 4.79 Å². The van der Waals surface area contributed by atoms with Gasteiger partial charge in [-0.15, -0.1) is 0 Å². The van der Waals surface area contributed by atoms with Crippen LogP contribution in [0.2, 0.25) is 0 Å². The second-order valence-corrected chi connectivity index (χ2v) is 6.13. The second-order valence-electron chi connectivity index (χ2n) is 6.13. The third kappa shape index (κ3) is 2.88. The van der Waals surface area contributed by atoms with Gasteiger partial charge in [-0.1, -0.05) is 24.3 Å². The predicted octanol–water partition coefficient (Wildman–Crippen LogP) is 2.22. The van der Waals surface area contributed by atoms with E-state index in [-0.39, 0.29) is 5.91 Å². The van der Waals surface area contributed by atoms with Crippen LogP contribution >= 0.6 is 0 Å². The number of anilines is 1. The Morgan fingerprint density at radius 3 is 3.04 bits per heavy atom. The summed E-state index contributed by atoms with van der Waals surface area (Å²) >= 11 is 0. The van der Waals surface area contributed by atoms with Crippen molar-refractivity contribution in [3.05, 3.63) is 54.1 Å². The molecule has 1 amide bonds. The van der Waals surface area contributed by atoms with Gasteiger partial charge in [-0.3, -0.25) is 14.9 Å². The zero-order valence-corrected chi connectivity index (χ0v) is 13.2. The molecular formula is C18H19N5O. The van der Waals surface area contributed by atoms with Gasteiger partial charge in [0.05, 0.1) is 24.0 Å². The van der Waals surface area contributed by atoms with Crippen molar-refractivity contribution in [2.45, 2.75) is 18.8 Å². The van der Waals surface area contributed by atoms with Crippen molar-refractivity contribution in [1.29, 1.82) is 0 Å². The van der Waals surface area contributed by atoms with E-state index in [1.54, 1.807) is 12.4 Å². The summed E-state index contributed by atoms with van der Waals surface area (Å²) in [4.78, 5) is 16.7. The molecule has 3 heterocycles. The predicted molar refractivity (Wildman–Crippen MR) is 92.9 cm³/mol. The molecule has 6 heteroatoms. The molecule has 1 atom stereocenters. The quantitative estimate of drug-likeness (QED) is 0.688. The van der Waals surface area contributed by atoms with E-state index in [9.17, 15) is 4.79 Å². The number of nitrogens with one attached hydrogen (secondary N) is 3. The molecule has 3 aromatic rings. The van der Waals surface area contributed by atoms with Crippen molar-refractivity contribution in [1.82, 2.24) is 20.5 Å². The van der Waals surface area contributed by atoms with Crippen LogP contribution in [0.5, 0.6) is 0 Å². The number of nitrogens with zero attached hydrogens (tertiary/aromatic N) is 2. The van der Waals surface area contributed by atoms with Crippen LogP contribution in [0.4, 0.5) is 5.69 Å². The van der Waals surface area contributed by atoms with Crippen LogP contribution in [-0.2, 0) is 11.2 Å². The number of H-pyrrole nitrogens is 1. The van der Waals surface area contributed by atoms with Crippen LogP contribution in [0.3, 0.4) is 0 Å². The maximum atomic E-state index is 12.5. The minimum absolute atomic E-state index is 0.0539. The van der Waals surface area contributed by atoms with Crippen molar-refractivity contribution in [2.75, 3.05) is 18.4 Å². The van der Waals surface area contributed by atoms with Gasteiger partial charge in [-0.2, -0.15) is 5.10 Å². The molecule has 1 saturated heterocycles. The van der Waals surface area contributed by atoms with E-state index < -0.39 is 0 Å². The monoisotopic (exact) mass is 321 g/mol. The van der Waals surface area contributed by atoms with E-state index in [0.29, 0.717) is 12.3 Å². The van der Waals surface area contributed by atoms with Crippen molar-refractivity contribution in [3.63, 3.8) is 0 Å². The van der Waals surface area contributed by atoms with Gasteiger partial charge in [0.1, 0.15) is 0 Å². The fourth-order valence-electron chi connectivity index (χ4n) is 3.30. The van der Waals surface area contributed by atoms with Crippen LogP contribution < -0.4 is 10.6 Å². The number of rotatable bonds is 4. The summed E-state index contributed by atoms with van der Waals surface area (Å²) in [6.07, 6.45) is 6.62. The average molecular weight is 321 g/mol. The third-order valence-electron chi connectivity index (χ3n) is 4.51. The van der Waals surface area contributed by atoms with E-state index in [1.165, 1.54) is 0 Å². The molecule has 0 saturated carbocycles. The number of aromatic nitrogens is 3. The number of fused-ring (bicyclic) bond motifs is 1. The third-order valence-corrected chi connectivity index (χ3v) is 4.51. The standard InChI is InChI=1S/C18H19N5O/c24-17(7-14-10-20-8-12-3-1-2-4-15(12)14)22-16-11-21-23-18(16)13-5-6-19-9-13/h1-4,8,10-11,13,19H,5-7,9H2,(H,21,23)(H,22,24). The summed E-state index contributed by atoms with van der Waals surface area (Å²) in [7, 11) is 0. The molecule has 2 aromatic heterocycles. The molecule has 1 fully saturated rings. The lowest BCUT2D eigenvalue weighted by atomic mass is 10.0. The van der Waals surface area contributed by atoms with Crippen molar-refractivity contribution in [3.8, 4) is 0 Å². The summed E-state index contributed by atoms with van der Waals surface area (Å²) < 4.78 is 0. The molecular weight excluding hydrogens is 302 g/mol. The van der Waals surface area contributed by atoms with Gasteiger partial charge in [0, 0.05) is 30.2 Å². The average Bonchev–Trinajstić information content (AvgIpc) is 3.26. The highest BCUT2D eigenvalue weighted by atomic mass is 16.1. The highest BCUT2D eigenvalue weighted by Crippen LogP contribution is 2.27. The molecule has 4 rings (SSSR count). The van der Waals surface area contributed by atoms with E-state index in [1.807, 2.05) is 30.5 Å². The molecule has 1 aliphatic heterocycles. The highest BCUT2D eigenvalue weighted by molar-refractivity contribution is 5.96. The minimum atomic E-state index is -0.0539. The maximum absolute atomic E-state index is 12.5. The van der Waals surface area contributed by atoms with Gasteiger partial charge in [-0.25, -0.2) is 0 Å². The van der Waals surface area contributed by atoms with Crippen LogP contribution in [0, 0.1) is 0 Å². The molecule has 0 bridgehead atoms. The Balaban J connectivity index is 1.52. The number of amides is 1. The summed E-state index contributed by atoms with van der Waals surface area (Å²) in [5, 5.41) is 15.6. The molecule has 1 aromatic carbocycles. The van der Waals surface area contributed by atoms with Gasteiger partial charge < -0.3 is 10.6 Å². The fourth-order valence-corrected chi connectivity index (χ4v) is 3.30. The van der Waals surface area contributed by atoms with Crippen LogP contribution in [-0.4, -0.2) is 34.2 Å². The largest absolute Gasteiger partial charge is 0.323 e. The van der Waals surface area contributed by atoms with Crippen LogP contribution in [0.15, 0.2) is 42.9 Å². The molecule has 1 aliphatic rings.